The van der Waals surface area contributed by atoms with Crippen molar-refractivity contribution in [3.63, 3.8) is 0 Å². The van der Waals surface area contributed by atoms with Gasteiger partial charge in [0.05, 0.1) is 4.86 Å². The molecular weight excluding hydrogens is 260 g/mol. The van der Waals surface area contributed by atoms with E-state index in [1.54, 1.807) is 0 Å². The number of hydrogen-bond acceptors (Lipinski definition) is 1. The summed E-state index contributed by atoms with van der Waals surface area (Å²) < 4.78 is 0. The molecule has 0 saturated heterocycles. The first kappa shape index (κ1) is 13.3. The summed E-state index contributed by atoms with van der Waals surface area (Å²) in [6, 6.07) is 16.1. The van der Waals surface area contributed by atoms with Crippen LogP contribution in [0.1, 0.15) is 36.5 Å². The highest BCUT2D eigenvalue weighted by molar-refractivity contribution is 7.81. The van der Waals surface area contributed by atoms with Gasteiger partial charge >= 0.3 is 0 Å². The minimum Gasteiger partial charge on any atom is -0.0843 e. The van der Waals surface area contributed by atoms with Crippen molar-refractivity contribution in [2.24, 2.45) is 0 Å². The average molecular weight is 275 g/mol. The van der Waals surface area contributed by atoms with Crippen molar-refractivity contribution < 1.29 is 0 Å². The maximum atomic E-state index is 5.87. The van der Waals surface area contributed by atoms with E-state index in [1.807, 2.05) is 24.3 Å². The van der Waals surface area contributed by atoms with Crippen LogP contribution >= 0.6 is 23.8 Å². The average Bonchev–Trinajstić information content (AvgIpc) is 2.39. The Bertz CT molecular complexity index is 538. The van der Waals surface area contributed by atoms with E-state index < -0.39 is 0 Å². The first-order valence-electron chi connectivity index (χ1n) is 5.98. The quantitative estimate of drug-likeness (QED) is 0.545. The van der Waals surface area contributed by atoms with Gasteiger partial charge in [0.25, 0.3) is 0 Å². The Morgan fingerprint density at radius 2 is 1.33 bits per heavy atom. The van der Waals surface area contributed by atoms with Crippen molar-refractivity contribution >= 4 is 28.7 Å². The third kappa shape index (κ3) is 2.98. The second kappa shape index (κ2) is 5.64. The lowest BCUT2D eigenvalue weighted by molar-refractivity contribution is 0.866. The van der Waals surface area contributed by atoms with Gasteiger partial charge in [-0.25, -0.2) is 0 Å². The predicted octanol–water partition coefficient (Wildman–Crippen LogP) is 5.23. The molecule has 0 nitrogen and oxygen atoms in total. The van der Waals surface area contributed by atoms with Gasteiger partial charge in [0.15, 0.2) is 0 Å². The van der Waals surface area contributed by atoms with Gasteiger partial charge in [-0.1, -0.05) is 74.1 Å². The molecule has 0 N–H and O–H groups in total. The zero-order chi connectivity index (χ0) is 13.1. The van der Waals surface area contributed by atoms with Crippen LogP contribution in [0.25, 0.3) is 0 Å². The normalized spacial score (nSPS) is 10.7. The van der Waals surface area contributed by atoms with E-state index in [0.717, 1.165) is 21.0 Å². The Morgan fingerprint density at radius 3 is 1.78 bits per heavy atom. The second-order valence-corrected chi connectivity index (χ2v) is 5.46. The van der Waals surface area contributed by atoms with Gasteiger partial charge in [0, 0.05) is 5.02 Å². The summed E-state index contributed by atoms with van der Waals surface area (Å²) in [5.41, 5.74) is 3.45. The summed E-state index contributed by atoms with van der Waals surface area (Å²) in [7, 11) is 0. The Morgan fingerprint density at radius 1 is 0.889 bits per heavy atom. The van der Waals surface area contributed by atoms with Crippen LogP contribution in [-0.2, 0) is 0 Å². The van der Waals surface area contributed by atoms with Crippen LogP contribution in [0.3, 0.4) is 0 Å². The zero-order valence-electron chi connectivity index (χ0n) is 10.5. The number of hydrogen-bond donors (Lipinski definition) is 0. The molecule has 0 saturated carbocycles. The lowest BCUT2D eigenvalue weighted by atomic mass is 9.99. The van der Waals surface area contributed by atoms with E-state index in [9.17, 15) is 0 Å². The monoisotopic (exact) mass is 274 g/mol. The van der Waals surface area contributed by atoms with Gasteiger partial charge < -0.3 is 0 Å². The van der Waals surface area contributed by atoms with E-state index in [-0.39, 0.29) is 0 Å². The Labute approximate surface area is 119 Å². The molecule has 2 heteroatoms. The molecular formula is C16H15ClS. The molecule has 0 aromatic heterocycles. The molecule has 0 aliphatic carbocycles. The molecule has 18 heavy (non-hydrogen) atoms. The highest BCUT2D eigenvalue weighted by Gasteiger charge is 2.05. The molecule has 0 atom stereocenters. The summed E-state index contributed by atoms with van der Waals surface area (Å²) in [6.07, 6.45) is 0. The van der Waals surface area contributed by atoms with E-state index in [0.29, 0.717) is 5.92 Å². The molecule has 0 bridgehead atoms. The number of rotatable bonds is 3. The van der Waals surface area contributed by atoms with Crippen LogP contribution in [0.5, 0.6) is 0 Å². The van der Waals surface area contributed by atoms with Crippen molar-refractivity contribution in [2.75, 3.05) is 0 Å². The van der Waals surface area contributed by atoms with E-state index in [4.69, 9.17) is 23.8 Å². The first-order valence-corrected chi connectivity index (χ1v) is 6.77. The molecule has 2 rings (SSSR count). The Balaban J connectivity index is 2.26. The van der Waals surface area contributed by atoms with Crippen molar-refractivity contribution in [3.05, 3.63) is 70.2 Å². The third-order valence-electron chi connectivity index (χ3n) is 2.95. The summed E-state index contributed by atoms with van der Waals surface area (Å²) in [4.78, 5) is 0.863. The van der Waals surface area contributed by atoms with Crippen LogP contribution in [0, 0.1) is 0 Å². The molecule has 0 heterocycles. The lowest BCUT2D eigenvalue weighted by Crippen LogP contribution is -1.99. The second-order valence-electron chi connectivity index (χ2n) is 4.61. The molecule has 0 unspecified atom stereocenters. The van der Waals surface area contributed by atoms with Crippen molar-refractivity contribution in [2.45, 2.75) is 19.8 Å². The topological polar surface area (TPSA) is 0 Å². The van der Waals surface area contributed by atoms with Gasteiger partial charge in [0.1, 0.15) is 0 Å². The van der Waals surface area contributed by atoms with Crippen LogP contribution in [0.4, 0.5) is 0 Å². The first-order chi connectivity index (χ1) is 8.58. The van der Waals surface area contributed by atoms with Crippen LogP contribution in [0.15, 0.2) is 48.5 Å². The Kier molecular flexibility index (Phi) is 4.15. The van der Waals surface area contributed by atoms with Crippen LogP contribution < -0.4 is 0 Å². The maximum Gasteiger partial charge on any atom is 0.0521 e. The fraction of sp³-hybridized carbons (Fsp3) is 0.188. The predicted molar refractivity (Wildman–Crippen MR) is 82.8 cm³/mol. The molecule has 0 spiro atoms. The maximum absolute atomic E-state index is 5.87. The molecule has 2 aromatic rings. The summed E-state index contributed by atoms with van der Waals surface area (Å²) in [6.45, 7) is 4.37. The molecule has 0 amide bonds. The number of benzene rings is 2. The molecule has 0 aliphatic rings. The molecule has 0 fully saturated rings. The summed E-state index contributed by atoms with van der Waals surface area (Å²) in [5, 5.41) is 0.733. The Hall–Kier alpha value is -1.18. The smallest absolute Gasteiger partial charge is 0.0521 e. The number of halogens is 1. The molecule has 0 radical (unpaired) electrons. The van der Waals surface area contributed by atoms with Gasteiger partial charge in [-0.3, -0.25) is 0 Å². The molecule has 92 valence electrons. The van der Waals surface area contributed by atoms with Gasteiger partial charge in [-0.15, -0.1) is 0 Å². The minimum absolute atomic E-state index is 0.545. The van der Waals surface area contributed by atoms with E-state index in [1.165, 1.54) is 5.56 Å². The number of thiocarbonyl (C=S) groups is 1. The van der Waals surface area contributed by atoms with Crippen molar-refractivity contribution in [1.82, 2.24) is 0 Å². The standard InChI is InChI=1S/C16H15ClS/c1-11(2)12-3-5-13(6-4-12)16(18)14-7-9-15(17)10-8-14/h3-11H,1-2H3. The minimum atomic E-state index is 0.545. The van der Waals surface area contributed by atoms with Gasteiger partial charge in [-0.05, 0) is 34.7 Å². The highest BCUT2D eigenvalue weighted by Crippen LogP contribution is 2.18. The van der Waals surface area contributed by atoms with E-state index in [2.05, 4.69) is 38.1 Å². The zero-order valence-corrected chi connectivity index (χ0v) is 12.1. The van der Waals surface area contributed by atoms with E-state index >= 15 is 0 Å². The SMILES string of the molecule is CC(C)c1ccc(C(=S)c2ccc(Cl)cc2)cc1. The van der Waals surface area contributed by atoms with Crippen molar-refractivity contribution in [3.8, 4) is 0 Å². The van der Waals surface area contributed by atoms with Gasteiger partial charge in [-0.2, -0.15) is 0 Å². The third-order valence-corrected chi connectivity index (χ3v) is 3.67. The lowest BCUT2D eigenvalue weighted by Gasteiger charge is -2.08. The fourth-order valence-corrected chi connectivity index (χ4v) is 2.19. The molecule has 2 aromatic carbocycles. The fourth-order valence-electron chi connectivity index (χ4n) is 1.79. The molecule has 0 aliphatic heterocycles. The van der Waals surface area contributed by atoms with Crippen LogP contribution in [-0.4, -0.2) is 4.86 Å². The summed E-state index contributed by atoms with van der Waals surface area (Å²) in [5.74, 6) is 0.545. The van der Waals surface area contributed by atoms with Crippen molar-refractivity contribution in [1.29, 1.82) is 0 Å². The summed E-state index contributed by atoms with van der Waals surface area (Å²) >= 11 is 11.4. The largest absolute Gasteiger partial charge is 0.0843 e. The van der Waals surface area contributed by atoms with Crippen LogP contribution in [0.2, 0.25) is 5.02 Å². The highest BCUT2D eigenvalue weighted by atomic mass is 35.5. The van der Waals surface area contributed by atoms with Gasteiger partial charge in [0.2, 0.25) is 0 Å².